The van der Waals surface area contributed by atoms with Crippen molar-refractivity contribution in [2.75, 3.05) is 13.1 Å². The van der Waals surface area contributed by atoms with Crippen molar-refractivity contribution in [1.82, 2.24) is 10.3 Å². The molecule has 1 amide bonds. The maximum atomic E-state index is 11.6. The standard InChI is InChI=1S/C21H21N3O/c22-20(25)12-17-10-16(14-4-2-1-3-5-14)11-18-19(13-24-21(17)18)15-6-8-23-9-7-15/h1-6,10-11,13,23-24H,7-9,12H2,(H2,22,25). The van der Waals surface area contributed by atoms with E-state index in [4.69, 9.17) is 5.73 Å². The number of nitrogens with two attached hydrogens (primary N) is 1. The van der Waals surface area contributed by atoms with Crippen LogP contribution in [0.3, 0.4) is 0 Å². The third-order valence-electron chi connectivity index (χ3n) is 4.75. The van der Waals surface area contributed by atoms with Crippen LogP contribution in [0.1, 0.15) is 17.5 Å². The van der Waals surface area contributed by atoms with Gasteiger partial charge in [-0.25, -0.2) is 0 Å². The molecular weight excluding hydrogens is 310 g/mol. The number of aromatic nitrogens is 1. The largest absolute Gasteiger partial charge is 0.369 e. The fourth-order valence-electron chi connectivity index (χ4n) is 3.56. The molecule has 0 fully saturated rings. The predicted octanol–water partition coefficient (Wildman–Crippen LogP) is 3.24. The van der Waals surface area contributed by atoms with Gasteiger partial charge in [0.1, 0.15) is 0 Å². The number of carbonyl (C=O) groups is 1. The highest BCUT2D eigenvalue weighted by Crippen LogP contribution is 2.34. The van der Waals surface area contributed by atoms with E-state index in [0.717, 1.165) is 47.1 Å². The molecule has 2 heterocycles. The van der Waals surface area contributed by atoms with Crippen molar-refractivity contribution in [3.8, 4) is 11.1 Å². The topological polar surface area (TPSA) is 70.9 Å². The van der Waals surface area contributed by atoms with Crippen LogP contribution >= 0.6 is 0 Å². The van der Waals surface area contributed by atoms with Crippen molar-refractivity contribution in [2.24, 2.45) is 5.73 Å². The zero-order valence-corrected chi connectivity index (χ0v) is 14.0. The second-order valence-electron chi connectivity index (χ2n) is 6.45. The summed E-state index contributed by atoms with van der Waals surface area (Å²) in [7, 11) is 0. The van der Waals surface area contributed by atoms with Gasteiger partial charge in [0.25, 0.3) is 0 Å². The van der Waals surface area contributed by atoms with Gasteiger partial charge in [-0.2, -0.15) is 0 Å². The molecule has 4 N–H and O–H groups in total. The lowest BCUT2D eigenvalue weighted by molar-refractivity contribution is -0.117. The van der Waals surface area contributed by atoms with E-state index >= 15 is 0 Å². The second kappa shape index (κ2) is 6.57. The number of primary amides is 1. The van der Waals surface area contributed by atoms with Crippen molar-refractivity contribution in [1.29, 1.82) is 0 Å². The average Bonchev–Trinajstić information content (AvgIpc) is 3.07. The van der Waals surface area contributed by atoms with Crippen LogP contribution in [0.2, 0.25) is 0 Å². The molecule has 0 atom stereocenters. The summed E-state index contributed by atoms with van der Waals surface area (Å²) in [5.41, 5.74) is 12.3. The fraction of sp³-hybridized carbons (Fsp3) is 0.190. The smallest absolute Gasteiger partial charge is 0.221 e. The summed E-state index contributed by atoms with van der Waals surface area (Å²) in [6, 6.07) is 14.5. The molecule has 4 rings (SSSR count). The van der Waals surface area contributed by atoms with Crippen LogP contribution in [-0.4, -0.2) is 24.0 Å². The first-order valence-electron chi connectivity index (χ1n) is 8.60. The summed E-state index contributed by atoms with van der Waals surface area (Å²) < 4.78 is 0. The second-order valence-corrected chi connectivity index (χ2v) is 6.45. The Balaban J connectivity index is 1.92. The Hall–Kier alpha value is -2.85. The van der Waals surface area contributed by atoms with E-state index in [2.05, 4.69) is 46.8 Å². The minimum Gasteiger partial charge on any atom is -0.369 e. The van der Waals surface area contributed by atoms with Crippen molar-refractivity contribution in [2.45, 2.75) is 12.8 Å². The molecule has 25 heavy (non-hydrogen) atoms. The lowest BCUT2D eigenvalue weighted by Crippen LogP contribution is -2.19. The van der Waals surface area contributed by atoms with Gasteiger partial charge in [-0.3, -0.25) is 4.79 Å². The fourth-order valence-corrected chi connectivity index (χ4v) is 3.56. The van der Waals surface area contributed by atoms with Crippen LogP contribution in [0.15, 0.2) is 54.7 Å². The highest BCUT2D eigenvalue weighted by molar-refractivity contribution is 5.98. The zero-order valence-electron chi connectivity index (χ0n) is 14.0. The summed E-state index contributed by atoms with van der Waals surface area (Å²) in [6.45, 7) is 1.89. The lowest BCUT2D eigenvalue weighted by Gasteiger charge is -2.14. The Bertz CT molecular complexity index is 954. The molecule has 126 valence electrons. The SMILES string of the molecule is NC(=O)Cc1cc(-c2ccccc2)cc2c(C3=CCNCC3)c[nH]c12. The number of carbonyl (C=O) groups excluding carboxylic acids is 1. The van der Waals surface area contributed by atoms with Gasteiger partial charge in [0, 0.05) is 29.2 Å². The van der Waals surface area contributed by atoms with Crippen LogP contribution < -0.4 is 11.1 Å². The maximum absolute atomic E-state index is 11.6. The van der Waals surface area contributed by atoms with Crippen molar-refractivity contribution < 1.29 is 4.79 Å². The van der Waals surface area contributed by atoms with Gasteiger partial charge >= 0.3 is 0 Å². The molecular formula is C21H21N3O. The number of amides is 1. The maximum Gasteiger partial charge on any atom is 0.221 e. The van der Waals surface area contributed by atoms with Crippen LogP contribution in [0.5, 0.6) is 0 Å². The molecule has 0 saturated carbocycles. The first kappa shape index (κ1) is 15.7. The summed E-state index contributed by atoms with van der Waals surface area (Å²) in [4.78, 5) is 14.9. The Morgan fingerprint density at radius 1 is 1.12 bits per heavy atom. The van der Waals surface area contributed by atoms with E-state index in [1.807, 2.05) is 18.2 Å². The Morgan fingerprint density at radius 2 is 1.96 bits per heavy atom. The zero-order chi connectivity index (χ0) is 17.2. The van der Waals surface area contributed by atoms with E-state index in [-0.39, 0.29) is 12.3 Å². The molecule has 1 aromatic heterocycles. The van der Waals surface area contributed by atoms with Crippen LogP contribution in [-0.2, 0) is 11.2 Å². The normalized spacial score (nSPS) is 14.5. The average molecular weight is 331 g/mol. The van der Waals surface area contributed by atoms with Crippen LogP contribution in [0.25, 0.3) is 27.6 Å². The molecule has 2 aromatic carbocycles. The summed E-state index contributed by atoms with van der Waals surface area (Å²) in [6.07, 6.45) is 5.54. The van der Waals surface area contributed by atoms with Crippen LogP contribution in [0, 0.1) is 0 Å². The number of rotatable bonds is 4. The molecule has 0 spiro atoms. The Labute approximate surface area is 146 Å². The molecule has 3 aromatic rings. The summed E-state index contributed by atoms with van der Waals surface area (Å²) in [5, 5.41) is 4.51. The summed E-state index contributed by atoms with van der Waals surface area (Å²) in [5.74, 6) is -0.316. The van der Waals surface area contributed by atoms with E-state index < -0.39 is 0 Å². The first-order valence-corrected chi connectivity index (χ1v) is 8.60. The molecule has 1 aliphatic rings. The number of benzene rings is 2. The van der Waals surface area contributed by atoms with E-state index in [1.165, 1.54) is 11.1 Å². The monoisotopic (exact) mass is 331 g/mol. The van der Waals surface area contributed by atoms with Crippen molar-refractivity contribution in [3.05, 3.63) is 65.9 Å². The highest BCUT2D eigenvalue weighted by Gasteiger charge is 2.15. The van der Waals surface area contributed by atoms with Crippen LogP contribution in [0.4, 0.5) is 0 Å². The molecule has 4 nitrogen and oxygen atoms in total. The number of hydrogen-bond acceptors (Lipinski definition) is 2. The molecule has 1 aliphatic heterocycles. The van der Waals surface area contributed by atoms with Gasteiger partial charge in [0.2, 0.25) is 5.91 Å². The van der Waals surface area contributed by atoms with Gasteiger partial charge in [-0.1, -0.05) is 36.4 Å². The van der Waals surface area contributed by atoms with Gasteiger partial charge in [-0.15, -0.1) is 0 Å². The number of hydrogen-bond donors (Lipinski definition) is 3. The van der Waals surface area contributed by atoms with Crippen molar-refractivity contribution >= 4 is 22.4 Å². The third-order valence-corrected chi connectivity index (χ3v) is 4.75. The van der Waals surface area contributed by atoms with Gasteiger partial charge < -0.3 is 16.0 Å². The molecule has 0 bridgehead atoms. The molecule has 0 unspecified atom stereocenters. The number of H-pyrrole nitrogens is 1. The number of fused-ring (bicyclic) bond motifs is 1. The quantitative estimate of drug-likeness (QED) is 0.687. The Morgan fingerprint density at radius 3 is 2.68 bits per heavy atom. The van der Waals surface area contributed by atoms with Crippen molar-refractivity contribution in [3.63, 3.8) is 0 Å². The molecule has 0 radical (unpaired) electrons. The molecule has 0 aliphatic carbocycles. The predicted molar refractivity (Wildman–Crippen MR) is 102 cm³/mol. The third kappa shape index (κ3) is 3.08. The van der Waals surface area contributed by atoms with E-state index in [1.54, 1.807) is 0 Å². The van der Waals surface area contributed by atoms with E-state index in [0.29, 0.717) is 0 Å². The Kier molecular flexibility index (Phi) is 4.12. The lowest BCUT2D eigenvalue weighted by atomic mass is 9.94. The molecule has 4 heteroatoms. The minimum absolute atomic E-state index is 0.234. The number of nitrogens with one attached hydrogen (secondary N) is 2. The highest BCUT2D eigenvalue weighted by atomic mass is 16.1. The van der Waals surface area contributed by atoms with Gasteiger partial charge in [-0.05, 0) is 47.4 Å². The van der Waals surface area contributed by atoms with Gasteiger partial charge in [0.15, 0.2) is 0 Å². The first-order chi connectivity index (χ1) is 12.2. The van der Waals surface area contributed by atoms with E-state index in [9.17, 15) is 4.79 Å². The van der Waals surface area contributed by atoms with Gasteiger partial charge in [0.05, 0.1) is 6.42 Å². The molecule has 0 saturated heterocycles. The summed E-state index contributed by atoms with van der Waals surface area (Å²) >= 11 is 0. The minimum atomic E-state index is -0.316. The number of aromatic amines is 1.